The largest absolute Gasteiger partial charge is 0.344 e. The van der Waals surface area contributed by atoms with Gasteiger partial charge in [0.05, 0.1) is 5.41 Å². The van der Waals surface area contributed by atoms with E-state index < -0.39 is 0 Å². The second kappa shape index (κ2) is 12.8. The highest BCUT2D eigenvalue weighted by Crippen LogP contribution is 2.53. The van der Waals surface area contributed by atoms with E-state index in [-0.39, 0.29) is 10.8 Å². The van der Waals surface area contributed by atoms with Gasteiger partial charge < -0.3 is 4.90 Å². The molecule has 2 nitrogen and oxygen atoms in total. The fourth-order valence-corrected chi connectivity index (χ4v) is 9.74. The minimum Gasteiger partial charge on any atom is -0.344 e. The van der Waals surface area contributed by atoms with Gasteiger partial charge in [-0.2, -0.15) is 4.58 Å². The van der Waals surface area contributed by atoms with Crippen molar-refractivity contribution in [1.29, 1.82) is 0 Å². The molecule has 0 spiro atoms. The van der Waals surface area contributed by atoms with Gasteiger partial charge in [0.1, 0.15) is 7.05 Å². The van der Waals surface area contributed by atoms with Crippen molar-refractivity contribution in [3.8, 4) is 0 Å². The van der Waals surface area contributed by atoms with Crippen LogP contribution in [0.1, 0.15) is 82.4 Å². The van der Waals surface area contributed by atoms with Crippen LogP contribution >= 0.6 is 0 Å². The highest BCUT2D eigenvalue weighted by Gasteiger charge is 2.46. The molecule has 0 N–H and O–H groups in total. The van der Waals surface area contributed by atoms with Gasteiger partial charge in [-0.1, -0.05) is 130 Å². The van der Waals surface area contributed by atoms with Gasteiger partial charge in [0.2, 0.25) is 5.69 Å². The number of rotatable bonds is 9. The SMILES string of the molecule is C[N+]1=C(/C=C/C=C2/N(CCCCC3CCCC3)c3ccc4ccccc4c3C2(C)Cc2ccccc2)C(C)(C)c2c1ccc1ccccc21. The lowest BCUT2D eigenvalue weighted by Gasteiger charge is -2.31. The Morgan fingerprint density at radius 1 is 0.735 bits per heavy atom. The Labute approximate surface area is 293 Å². The zero-order chi connectivity index (χ0) is 33.6. The van der Waals surface area contributed by atoms with Crippen LogP contribution in [0.25, 0.3) is 21.5 Å². The molecule has 3 aliphatic rings. The van der Waals surface area contributed by atoms with Crippen LogP contribution in [0, 0.1) is 5.92 Å². The summed E-state index contributed by atoms with van der Waals surface area (Å²) in [6.45, 7) is 8.34. The van der Waals surface area contributed by atoms with Crippen molar-refractivity contribution in [2.45, 2.75) is 83.0 Å². The molecule has 1 aliphatic carbocycles. The third kappa shape index (κ3) is 5.54. The Morgan fingerprint density at radius 2 is 1.39 bits per heavy atom. The van der Waals surface area contributed by atoms with Gasteiger partial charge in [-0.3, -0.25) is 0 Å². The Morgan fingerprint density at radius 3 is 2.12 bits per heavy atom. The summed E-state index contributed by atoms with van der Waals surface area (Å²) in [5.41, 5.74) is 9.47. The van der Waals surface area contributed by atoms with E-state index in [1.807, 2.05) is 0 Å². The van der Waals surface area contributed by atoms with Crippen LogP contribution in [0.2, 0.25) is 0 Å². The molecule has 0 amide bonds. The zero-order valence-electron chi connectivity index (χ0n) is 29.9. The fourth-order valence-electron chi connectivity index (χ4n) is 9.74. The van der Waals surface area contributed by atoms with Crippen LogP contribution in [0.5, 0.6) is 0 Å². The molecule has 1 saturated carbocycles. The molecule has 0 radical (unpaired) electrons. The zero-order valence-corrected chi connectivity index (χ0v) is 29.9. The number of benzene rings is 5. The normalized spacial score (nSPS) is 21.1. The summed E-state index contributed by atoms with van der Waals surface area (Å²) in [7, 11) is 2.24. The second-order valence-electron chi connectivity index (χ2n) is 15.6. The molecule has 5 aromatic carbocycles. The molecule has 0 saturated heterocycles. The average molecular weight is 644 g/mol. The van der Waals surface area contributed by atoms with Gasteiger partial charge in [0.15, 0.2) is 5.71 Å². The molecule has 5 aromatic rings. The number of allylic oxidation sites excluding steroid dienone is 4. The molecule has 2 heteroatoms. The topological polar surface area (TPSA) is 6.25 Å². The van der Waals surface area contributed by atoms with Gasteiger partial charge in [-0.15, -0.1) is 0 Å². The first-order valence-electron chi connectivity index (χ1n) is 18.7. The number of anilines is 1. The minimum absolute atomic E-state index is 0.109. The lowest BCUT2D eigenvalue weighted by atomic mass is 9.74. The van der Waals surface area contributed by atoms with Crippen molar-refractivity contribution in [2.24, 2.45) is 5.92 Å². The number of unbranched alkanes of at least 4 members (excludes halogenated alkanes) is 1. The first kappa shape index (κ1) is 31.8. The Kier molecular flexibility index (Phi) is 8.30. The molecular weight excluding hydrogens is 593 g/mol. The van der Waals surface area contributed by atoms with Crippen LogP contribution < -0.4 is 4.90 Å². The second-order valence-corrected chi connectivity index (χ2v) is 15.6. The van der Waals surface area contributed by atoms with Gasteiger partial charge in [0.25, 0.3) is 0 Å². The van der Waals surface area contributed by atoms with Crippen LogP contribution in [0.4, 0.5) is 11.4 Å². The van der Waals surface area contributed by atoms with Gasteiger partial charge >= 0.3 is 0 Å². The molecule has 1 fully saturated rings. The number of hydrogen-bond donors (Lipinski definition) is 0. The molecule has 1 atom stereocenters. The highest BCUT2D eigenvalue weighted by atomic mass is 15.2. The quantitative estimate of drug-likeness (QED) is 0.114. The summed E-state index contributed by atoms with van der Waals surface area (Å²) in [6, 6.07) is 38.3. The molecular formula is C47H51N2+. The van der Waals surface area contributed by atoms with E-state index in [2.05, 4.69) is 159 Å². The third-order valence-electron chi connectivity index (χ3n) is 12.1. The van der Waals surface area contributed by atoms with Gasteiger partial charge in [0, 0.05) is 41.1 Å². The van der Waals surface area contributed by atoms with E-state index in [0.717, 1.165) is 18.9 Å². The van der Waals surface area contributed by atoms with Crippen LogP contribution in [-0.2, 0) is 17.3 Å². The minimum atomic E-state index is -0.172. The number of fused-ring (bicyclic) bond motifs is 6. The summed E-state index contributed by atoms with van der Waals surface area (Å²) < 4.78 is 2.41. The van der Waals surface area contributed by atoms with E-state index in [0.29, 0.717) is 0 Å². The lowest BCUT2D eigenvalue weighted by molar-refractivity contribution is -0.401. The molecule has 0 bridgehead atoms. The molecule has 1 unspecified atom stereocenters. The molecule has 248 valence electrons. The highest BCUT2D eigenvalue weighted by molar-refractivity contribution is 6.07. The summed E-state index contributed by atoms with van der Waals surface area (Å²) >= 11 is 0. The third-order valence-corrected chi connectivity index (χ3v) is 12.1. The van der Waals surface area contributed by atoms with Crippen LogP contribution in [-0.4, -0.2) is 23.9 Å². The molecule has 0 aromatic heterocycles. The predicted molar refractivity (Wildman–Crippen MR) is 210 cm³/mol. The predicted octanol–water partition coefficient (Wildman–Crippen LogP) is 11.8. The van der Waals surface area contributed by atoms with E-state index in [4.69, 9.17) is 0 Å². The maximum absolute atomic E-state index is 2.69. The van der Waals surface area contributed by atoms with E-state index in [1.165, 1.54) is 106 Å². The molecule has 49 heavy (non-hydrogen) atoms. The molecule has 2 aliphatic heterocycles. The summed E-state index contributed by atoms with van der Waals surface area (Å²) in [4.78, 5) is 2.69. The Bertz CT molecular complexity index is 2110. The smallest absolute Gasteiger partial charge is 0.210 e. The van der Waals surface area contributed by atoms with Crippen LogP contribution in [0.15, 0.2) is 127 Å². The molecule has 8 rings (SSSR count). The summed E-state index contributed by atoms with van der Waals surface area (Å²) in [5, 5.41) is 5.38. The van der Waals surface area contributed by atoms with E-state index in [1.54, 1.807) is 0 Å². The average Bonchev–Trinajstić information content (AvgIpc) is 3.77. The van der Waals surface area contributed by atoms with Crippen molar-refractivity contribution in [3.63, 3.8) is 0 Å². The maximum atomic E-state index is 2.69. The van der Waals surface area contributed by atoms with E-state index >= 15 is 0 Å². The fraction of sp³-hybridized carbons (Fsp3) is 0.340. The van der Waals surface area contributed by atoms with Gasteiger partial charge in [-0.25, -0.2) is 0 Å². The van der Waals surface area contributed by atoms with Gasteiger partial charge in [-0.05, 0) is 90.4 Å². The molecule has 2 heterocycles. The van der Waals surface area contributed by atoms with Crippen molar-refractivity contribution in [3.05, 3.63) is 144 Å². The van der Waals surface area contributed by atoms with Crippen LogP contribution in [0.3, 0.4) is 0 Å². The summed E-state index contributed by atoms with van der Waals surface area (Å²) in [6.07, 6.45) is 17.8. The lowest BCUT2D eigenvalue weighted by Crippen LogP contribution is -2.31. The van der Waals surface area contributed by atoms with Crippen molar-refractivity contribution in [1.82, 2.24) is 0 Å². The van der Waals surface area contributed by atoms with Crippen molar-refractivity contribution < 1.29 is 4.58 Å². The number of hydrogen-bond acceptors (Lipinski definition) is 1. The van der Waals surface area contributed by atoms with Crippen molar-refractivity contribution >= 4 is 38.6 Å². The Hall–Kier alpha value is -4.43. The first-order valence-corrected chi connectivity index (χ1v) is 18.7. The van der Waals surface area contributed by atoms with E-state index in [9.17, 15) is 0 Å². The Balaban J connectivity index is 1.21. The standard InChI is InChI=1S/C47H51N2/c1-46(2)42(48(4)40-30-28-36-22-10-12-24-38(36)44(40)46)26-16-27-43-47(3,33-35-20-6-5-7-21-35)45-39-25-13-11-23-37(39)29-31-41(45)49(43)32-15-14-19-34-17-8-9-18-34/h5-7,10-13,16,20-31,34H,8-9,14-15,17-19,32-33H2,1-4H3/q+1. The van der Waals surface area contributed by atoms with Crippen molar-refractivity contribution in [2.75, 3.05) is 18.5 Å². The monoisotopic (exact) mass is 643 g/mol. The number of nitrogens with zero attached hydrogens (tertiary/aromatic N) is 2. The maximum Gasteiger partial charge on any atom is 0.210 e. The first-order chi connectivity index (χ1) is 23.9. The summed E-state index contributed by atoms with van der Waals surface area (Å²) in [5.74, 6) is 0.945.